The molecule has 0 saturated heterocycles. The standard InChI is InChI=1S/C12H23N3O/c1-10(2)5-6-11(3)15-9-12(16)14-8-4-7-13/h10-11,15H,4-6,8-9H2,1-3H3,(H,14,16). The molecule has 0 radical (unpaired) electrons. The molecular weight excluding hydrogens is 202 g/mol. The van der Waals surface area contributed by atoms with Gasteiger partial charge in [0.1, 0.15) is 0 Å². The van der Waals surface area contributed by atoms with Crippen LogP contribution < -0.4 is 10.6 Å². The minimum atomic E-state index is -0.0355. The van der Waals surface area contributed by atoms with Crippen molar-refractivity contribution < 1.29 is 4.79 Å². The molecule has 0 aromatic rings. The average Bonchev–Trinajstić information content (AvgIpc) is 2.24. The van der Waals surface area contributed by atoms with Crippen molar-refractivity contribution in [1.29, 1.82) is 5.26 Å². The van der Waals surface area contributed by atoms with Gasteiger partial charge in [-0.05, 0) is 25.7 Å². The lowest BCUT2D eigenvalue weighted by atomic mass is 10.0. The van der Waals surface area contributed by atoms with Crippen molar-refractivity contribution >= 4 is 5.91 Å². The van der Waals surface area contributed by atoms with Gasteiger partial charge < -0.3 is 10.6 Å². The lowest BCUT2D eigenvalue weighted by Crippen LogP contribution is -2.38. The molecule has 0 heterocycles. The van der Waals surface area contributed by atoms with Gasteiger partial charge in [0.05, 0.1) is 19.0 Å². The molecule has 0 bridgehead atoms. The highest BCUT2D eigenvalue weighted by molar-refractivity contribution is 5.77. The van der Waals surface area contributed by atoms with Crippen LogP contribution in [0, 0.1) is 17.2 Å². The van der Waals surface area contributed by atoms with Crippen LogP contribution in [0.1, 0.15) is 40.0 Å². The summed E-state index contributed by atoms with van der Waals surface area (Å²) in [7, 11) is 0. The highest BCUT2D eigenvalue weighted by Crippen LogP contribution is 2.05. The van der Waals surface area contributed by atoms with Gasteiger partial charge in [-0.15, -0.1) is 0 Å². The van der Waals surface area contributed by atoms with E-state index in [1.54, 1.807) is 0 Å². The Labute approximate surface area is 98.4 Å². The number of carbonyl (C=O) groups is 1. The number of rotatable bonds is 8. The number of nitrogens with one attached hydrogen (secondary N) is 2. The zero-order chi connectivity index (χ0) is 12.4. The van der Waals surface area contributed by atoms with Gasteiger partial charge in [0.2, 0.25) is 5.91 Å². The summed E-state index contributed by atoms with van der Waals surface area (Å²) in [5, 5.41) is 14.2. The van der Waals surface area contributed by atoms with Crippen molar-refractivity contribution in [3.05, 3.63) is 0 Å². The summed E-state index contributed by atoms with van der Waals surface area (Å²) >= 11 is 0. The summed E-state index contributed by atoms with van der Waals surface area (Å²) in [6.45, 7) is 7.26. The fraction of sp³-hybridized carbons (Fsp3) is 0.833. The third-order valence-electron chi connectivity index (χ3n) is 2.35. The third-order valence-corrected chi connectivity index (χ3v) is 2.35. The molecule has 0 aromatic carbocycles. The van der Waals surface area contributed by atoms with Crippen molar-refractivity contribution in [3.63, 3.8) is 0 Å². The van der Waals surface area contributed by atoms with Crippen LogP contribution in [0.15, 0.2) is 0 Å². The molecule has 0 fully saturated rings. The molecule has 0 aliphatic carbocycles. The SMILES string of the molecule is CC(C)CCC(C)NCC(=O)NCCC#N. The molecule has 4 nitrogen and oxygen atoms in total. The molecule has 0 rings (SSSR count). The predicted molar refractivity (Wildman–Crippen MR) is 64.8 cm³/mol. The zero-order valence-corrected chi connectivity index (χ0v) is 10.5. The second kappa shape index (κ2) is 9.17. The van der Waals surface area contributed by atoms with Crippen molar-refractivity contribution in [2.75, 3.05) is 13.1 Å². The van der Waals surface area contributed by atoms with Crippen molar-refractivity contribution in [1.82, 2.24) is 10.6 Å². The third kappa shape index (κ3) is 9.47. The number of hydrogen-bond donors (Lipinski definition) is 2. The van der Waals surface area contributed by atoms with Gasteiger partial charge in [0.25, 0.3) is 0 Å². The maximum absolute atomic E-state index is 11.3. The molecule has 1 unspecified atom stereocenters. The normalized spacial score (nSPS) is 12.2. The van der Waals surface area contributed by atoms with Crippen molar-refractivity contribution in [2.45, 2.75) is 46.1 Å². The first-order valence-corrected chi connectivity index (χ1v) is 5.93. The molecule has 2 N–H and O–H groups in total. The van der Waals surface area contributed by atoms with Gasteiger partial charge in [0.15, 0.2) is 0 Å². The second-order valence-corrected chi connectivity index (χ2v) is 4.51. The largest absolute Gasteiger partial charge is 0.354 e. The van der Waals surface area contributed by atoms with Crippen LogP contribution in [0.2, 0.25) is 0 Å². The van der Waals surface area contributed by atoms with Gasteiger partial charge in [-0.1, -0.05) is 13.8 Å². The van der Waals surface area contributed by atoms with Crippen LogP contribution in [-0.2, 0) is 4.79 Å². The highest BCUT2D eigenvalue weighted by atomic mass is 16.1. The number of hydrogen-bond acceptors (Lipinski definition) is 3. The van der Waals surface area contributed by atoms with Gasteiger partial charge in [-0.3, -0.25) is 4.79 Å². The molecule has 0 spiro atoms. The second-order valence-electron chi connectivity index (χ2n) is 4.51. The fourth-order valence-electron chi connectivity index (χ4n) is 1.27. The van der Waals surface area contributed by atoms with Crippen molar-refractivity contribution in [2.24, 2.45) is 5.92 Å². The van der Waals surface area contributed by atoms with Crippen LogP contribution in [-0.4, -0.2) is 25.0 Å². The first-order chi connectivity index (χ1) is 7.56. The number of carbonyl (C=O) groups excluding carboxylic acids is 1. The minimum Gasteiger partial charge on any atom is -0.354 e. The van der Waals surface area contributed by atoms with Gasteiger partial charge >= 0.3 is 0 Å². The van der Waals surface area contributed by atoms with E-state index < -0.39 is 0 Å². The Morgan fingerprint density at radius 2 is 2.00 bits per heavy atom. The quantitative estimate of drug-likeness (QED) is 0.614. The van der Waals surface area contributed by atoms with Gasteiger partial charge in [-0.25, -0.2) is 0 Å². The highest BCUT2D eigenvalue weighted by Gasteiger charge is 2.05. The van der Waals surface area contributed by atoms with E-state index in [-0.39, 0.29) is 5.91 Å². The summed E-state index contributed by atoms with van der Waals surface area (Å²) in [6, 6.07) is 2.35. The predicted octanol–water partition coefficient (Wildman–Crippen LogP) is 1.43. The Morgan fingerprint density at radius 3 is 2.56 bits per heavy atom. The molecule has 92 valence electrons. The molecule has 0 saturated carbocycles. The monoisotopic (exact) mass is 225 g/mol. The van der Waals surface area contributed by atoms with Crippen LogP contribution in [0.5, 0.6) is 0 Å². The van der Waals surface area contributed by atoms with E-state index in [9.17, 15) is 4.79 Å². The van der Waals surface area contributed by atoms with E-state index in [4.69, 9.17) is 5.26 Å². The number of nitriles is 1. The Kier molecular flexibility index (Phi) is 8.55. The maximum atomic E-state index is 11.3. The molecule has 0 aliphatic heterocycles. The van der Waals surface area contributed by atoms with Crippen LogP contribution in [0.3, 0.4) is 0 Å². The minimum absolute atomic E-state index is 0.0355. The molecule has 0 aliphatic rings. The molecular formula is C12H23N3O. The first-order valence-electron chi connectivity index (χ1n) is 5.93. The topological polar surface area (TPSA) is 64.9 Å². The Morgan fingerprint density at radius 1 is 1.31 bits per heavy atom. The number of nitrogens with zero attached hydrogens (tertiary/aromatic N) is 1. The van der Waals surface area contributed by atoms with E-state index >= 15 is 0 Å². The summed E-state index contributed by atoms with van der Waals surface area (Å²) in [6.07, 6.45) is 2.63. The van der Waals surface area contributed by atoms with Gasteiger partial charge in [-0.2, -0.15) is 5.26 Å². The van der Waals surface area contributed by atoms with Crippen LogP contribution in [0.4, 0.5) is 0 Å². The van der Waals surface area contributed by atoms with Gasteiger partial charge in [0, 0.05) is 12.6 Å². The Hall–Kier alpha value is -1.08. The molecule has 1 amide bonds. The van der Waals surface area contributed by atoms with E-state index in [0.29, 0.717) is 31.5 Å². The van der Waals surface area contributed by atoms with Crippen molar-refractivity contribution in [3.8, 4) is 6.07 Å². The fourth-order valence-corrected chi connectivity index (χ4v) is 1.27. The average molecular weight is 225 g/mol. The molecule has 16 heavy (non-hydrogen) atoms. The lowest BCUT2D eigenvalue weighted by molar-refractivity contribution is -0.120. The zero-order valence-electron chi connectivity index (χ0n) is 10.5. The van der Waals surface area contributed by atoms with E-state index in [0.717, 1.165) is 6.42 Å². The Bertz CT molecular complexity index is 233. The summed E-state index contributed by atoms with van der Waals surface area (Å²) in [5.74, 6) is 0.667. The molecule has 0 aromatic heterocycles. The maximum Gasteiger partial charge on any atom is 0.233 e. The first kappa shape index (κ1) is 14.9. The van der Waals surface area contributed by atoms with E-state index in [1.807, 2.05) is 6.07 Å². The number of amides is 1. The van der Waals surface area contributed by atoms with E-state index in [1.165, 1.54) is 6.42 Å². The molecule has 4 heteroatoms. The summed E-state index contributed by atoms with van der Waals surface area (Å²) in [5.41, 5.74) is 0. The van der Waals surface area contributed by atoms with E-state index in [2.05, 4.69) is 31.4 Å². The van der Waals surface area contributed by atoms with Crippen LogP contribution in [0.25, 0.3) is 0 Å². The van der Waals surface area contributed by atoms with Crippen LogP contribution >= 0.6 is 0 Å². The lowest BCUT2D eigenvalue weighted by Gasteiger charge is -2.14. The molecule has 1 atom stereocenters. The Balaban J connectivity index is 3.48. The summed E-state index contributed by atoms with van der Waals surface area (Å²) in [4.78, 5) is 11.3. The smallest absolute Gasteiger partial charge is 0.233 e. The summed E-state index contributed by atoms with van der Waals surface area (Å²) < 4.78 is 0.